The fourth-order valence-electron chi connectivity index (χ4n) is 1.74. The third kappa shape index (κ3) is 18.2. The quantitative estimate of drug-likeness (QED) is 0.168. The van der Waals surface area contributed by atoms with E-state index in [0.29, 0.717) is 6.42 Å². The van der Waals surface area contributed by atoms with Crippen molar-refractivity contribution in [1.82, 2.24) is 0 Å². The van der Waals surface area contributed by atoms with Gasteiger partial charge < -0.3 is 18.4 Å². The molecule has 0 saturated heterocycles. The molecule has 0 heterocycles. The molecule has 0 spiro atoms. The van der Waals surface area contributed by atoms with Gasteiger partial charge in [-0.2, -0.15) is 0 Å². The van der Waals surface area contributed by atoms with Crippen LogP contribution in [0.3, 0.4) is 0 Å². The Bertz CT molecular complexity index is 336. The summed E-state index contributed by atoms with van der Waals surface area (Å²) in [6.45, 7) is 2.15. The number of hydrogen-bond acceptors (Lipinski definition) is 5. The minimum Gasteiger partial charge on any atom is -1.00 e. The Morgan fingerprint density at radius 3 is 2.05 bits per heavy atom. The summed E-state index contributed by atoms with van der Waals surface area (Å²) in [5.41, 5.74) is 5.28. The largest absolute Gasteiger partial charge is 1.00 e. The molecule has 0 aliphatic rings. The first-order valence-electron chi connectivity index (χ1n) is 7.19. The van der Waals surface area contributed by atoms with Crippen molar-refractivity contribution in [3.05, 3.63) is 0 Å². The van der Waals surface area contributed by atoms with Gasteiger partial charge in [0.25, 0.3) is 0 Å². The van der Waals surface area contributed by atoms with E-state index in [1.807, 2.05) is 0 Å². The summed E-state index contributed by atoms with van der Waals surface area (Å²) in [6.07, 6.45) is 7.10. The van der Waals surface area contributed by atoms with Gasteiger partial charge in [0.2, 0.25) is 0 Å². The third-order valence-corrected chi connectivity index (χ3v) is 2.90. The maximum atomic E-state index is 11.3. The fourth-order valence-corrected chi connectivity index (χ4v) is 1.74. The zero-order valence-corrected chi connectivity index (χ0v) is 20.3. The van der Waals surface area contributed by atoms with Gasteiger partial charge in [-0.25, -0.2) is 4.79 Å². The SMILES string of the molecule is CCCCCCCCCC(=O)OC(=O)C(N)CC(=O)O.[H-].[H-].[K+].[K+]. The van der Waals surface area contributed by atoms with Crippen molar-refractivity contribution in [3.8, 4) is 0 Å². The molecule has 0 bridgehead atoms. The van der Waals surface area contributed by atoms with E-state index < -0.39 is 30.4 Å². The molecule has 0 aromatic rings. The number of carboxylic acids is 1. The third-order valence-electron chi connectivity index (χ3n) is 2.90. The van der Waals surface area contributed by atoms with Gasteiger partial charge in [-0.1, -0.05) is 45.4 Å². The number of aliphatic carboxylic acids is 1. The smallest absolute Gasteiger partial charge is 1.00 e. The van der Waals surface area contributed by atoms with Gasteiger partial charge >= 0.3 is 121 Å². The Hall–Kier alpha value is 1.84. The van der Waals surface area contributed by atoms with Crippen LogP contribution in [0.4, 0.5) is 0 Å². The standard InChI is InChI=1S/C14H25NO5.2K.2H/c1-2-3-4-5-6-7-8-9-13(18)20-14(19)11(15)10-12(16)17;;;;/h11H,2-10,15H2,1H3,(H,16,17);;;;/q;2*+1;2*-1. The predicted molar refractivity (Wildman–Crippen MR) is 76.2 cm³/mol. The molecule has 120 valence electrons. The monoisotopic (exact) mass is 367 g/mol. The predicted octanol–water partition coefficient (Wildman–Crippen LogP) is -3.77. The number of ether oxygens (including phenoxy) is 1. The van der Waals surface area contributed by atoms with Crippen molar-refractivity contribution in [1.29, 1.82) is 0 Å². The van der Waals surface area contributed by atoms with Gasteiger partial charge in [0, 0.05) is 6.42 Å². The first-order valence-corrected chi connectivity index (χ1v) is 7.19. The van der Waals surface area contributed by atoms with Crippen LogP contribution in [-0.2, 0) is 19.1 Å². The van der Waals surface area contributed by atoms with Gasteiger partial charge in [0.15, 0.2) is 0 Å². The van der Waals surface area contributed by atoms with Gasteiger partial charge in [-0.15, -0.1) is 0 Å². The average Bonchev–Trinajstić information content (AvgIpc) is 2.36. The molecule has 0 aliphatic heterocycles. The number of carbonyl (C=O) groups excluding carboxylic acids is 2. The Morgan fingerprint density at radius 2 is 1.55 bits per heavy atom. The summed E-state index contributed by atoms with van der Waals surface area (Å²) in [6, 6.07) is -1.29. The number of esters is 2. The molecule has 1 unspecified atom stereocenters. The zero-order valence-electron chi connectivity index (χ0n) is 16.1. The van der Waals surface area contributed by atoms with Crippen molar-refractivity contribution in [2.45, 2.75) is 70.8 Å². The number of nitrogens with two attached hydrogens (primary N) is 1. The van der Waals surface area contributed by atoms with Crippen LogP contribution in [0.2, 0.25) is 0 Å². The summed E-state index contributed by atoms with van der Waals surface area (Å²) in [5, 5.41) is 8.46. The molecule has 1 atom stereocenters. The van der Waals surface area contributed by atoms with Crippen LogP contribution in [0.1, 0.15) is 67.6 Å². The van der Waals surface area contributed by atoms with E-state index in [0.717, 1.165) is 19.3 Å². The molecule has 0 aliphatic carbocycles. The maximum Gasteiger partial charge on any atom is 1.00 e. The van der Waals surface area contributed by atoms with E-state index in [2.05, 4.69) is 11.7 Å². The minimum atomic E-state index is -1.29. The van der Waals surface area contributed by atoms with Crippen LogP contribution in [0.15, 0.2) is 0 Å². The van der Waals surface area contributed by atoms with Crippen LogP contribution >= 0.6 is 0 Å². The molecule has 0 radical (unpaired) electrons. The van der Waals surface area contributed by atoms with Gasteiger partial charge in [-0.3, -0.25) is 9.59 Å². The van der Waals surface area contributed by atoms with E-state index in [1.54, 1.807) is 0 Å². The van der Waals surface area contributed by atoms with Crippen LogP contribution in [0, 0.1) is 0 Å². The van der Waals surface area contributed by atoms with Crippen molar-refractivity contribution in [2.24, 2.45) is 5.73 Å². The van der Waals surface area contributed by atoms with Crippen LogP contribution in [0.25, 0.3) is 0 Å². The number of rotatable bonds is 11. The Kier molecular flexibility index (Phi) is 25.0. The summed E-state index contributed by atoms with van der Waals surface area (Å²) in [4.78, 5) is 32.9. The second-order valence-corrected chi connectivity index (χ2v) is 4.87. The Balaban J connectivity index is -0.000000301. The molecule has 0 amide bonds. The first kappa shape index (κ1) is 28.6. The van der Waals surface area contributed by atoms with Crippen molar-refractivity contribution >= 4 is 17.9 Å². The maximum absolute atomic E-state index is 11.3. The van der Waals surface area contributed by atoms with Crippen molar-refractivity contribution in [2.75, 3.05) is 0 Å². The molecule has 0 saturated carbocycles. The average molecular weight is 368 g/mol. The van der Waals surface area contributed by atoms with Gasteiger partial charge in [-0.05, 0) is 6.42 Å². The summed E-state index contributed by atoms with van der Waals surface area (Å²) in [7, 11) is 0. The van der Waals surface area contributed by atoms with Gasteiger partial charge in [0.05, 0.1) is 6.42 Å². The molecule has 0 rings (SSSR count). The molecular formula is C14H27K2NO5. The second kappa shape index (κ2) is 19.2. The number of unbranched alkanes of at least 4 members (excludes halogenated alkanes) is 6. The van der Waals surface area contributed by atoms with Crippen molar-refractivity contribution in [3.63, 3.8) is 0 Å². The molecule has 0 aromatic carbocycles. The summed E-state index contributed by atoms with van der Waals surface area (Å²) in [5.74, 6) is -2.81. The van der Waals surface area contributed by atoms with E-state index in [-0.39, 0.29) is 112 Å². The number of carbonyl (C=O) groups is 3. The molecule has 0 aromatic heterocycles. The van der Waals surface area contributed by atoms with Crippen LogP contribution < -0.4 is 109 Å². The van der Waals surface area contributed by atoms with Crippen LogP contribution in [-0.4, -0.2) is 29.1 Å². The van der Waals surface area contributed by atoms with Crippen LogP contribution in [0.5, 0.6) is 0 Å². The van der Waals surface area contributed by atoms with E-state index >= 15 is 0 Å². The Labute approximate surface area is 220 Å². The minimum absolute atomic E-state index is 0. The molecule has 3 N–H and O–H groups in total. The Morgan fingerprint density at radius 1 is 1.05 bits per heavy atom. The number of carboxylic acid groups (broad SMARTS) is 1. The molecular weight excluding hydrogens is 340 g/mol. The topological polar surface area (TPSA) is 107 Å². The molecule has 0 fully saturated rings. The zero-order chi connectivity index (χ0) is 15.4. The molecule has 8 heteroatoms. The normalized spacial score (nSPS) is 10.8. The molecule has 22 heavy (non-hydrogen) atoms. The van der Waals surface area contributed by atoms with Crippen molar-refractivity contribution < 1.29 is 130 Å². The number of hydrogen-bond donors (Lipinski definition) is 2. The van der Waals surface area contributed by atoms with E-state index in [4.69, 9.17) is 10.8 Å². The first-order chi connectivity index (χ1) is 9.47. The molecule has 6 nitrogen and oxygen atoms in total. The second-order valence-electron chi connectivity index (χ2n) is 4.87. The summed E-state index contributed by atoms with van der Waals surface area (Å²) < 4.78 is 4.49. The van der Waals surface area contributed by atoms with E-state index in [1.165, 1.54) is 19.3 Å². The van der Waals surface area contributed by atoms with Gasteiger partial charge in [0.1, 0.15) is 6.04 Å². The summed E-state index contributed by atoms with van der Waals surface area (Å²) >= 11 is 0. The fraction of sp³-hybridized carbons (Fsp3) is 0.786. The van der Waals surface area contributed by atoms with E-state index in [9.17, 15) is 14.4 Å².